The van der Waals surface area contributed by atoms with Crippen LogP contribution in [0.4, 0.5) is 11.4 Å². The molecule has 6 nitrogen and oxygen atoms in total. The minimum absolute atomic E-state index is 0.0312. The summed E-state index contributed by atoms with van der Waals surface area (Å²) in [6.07, 6.45) is 1.05. The minimum atomic E-state index is -3.26. The summed E-state index contributed by atoms with van der Waals surface area (Å²) >= 11 is 0. The summed E-state index contributed by atoms with van der Waals surface area (Å²) in [5.41, 5.74) is 6.25. The number of phenols is 2. The zero-order chi connectivity index (χ0) is 15.2. The summed E-state index contributed by atoms with van der Waals surface area (Å²) in [4.78, 5) is 0. The highest BCUT2D eigenvalue weighted by Gasteiger charge is 2.00. The van der Waals surface area contributed by atoms with Crippen molar-refractivity contribution in [2.75, 3.05) is 16.7 Å². The van der Waals surface area contributed by atoms with E-state index < -0.39 is 10.0 Å². The van der Waals surface area contributed by atoms with Gasteiger partial charge in [-0.3, -0.25) is 4.72 Å². The monoisotopic (exact) mass is 296 g/mol. The van der Waals surface area contributed by atoms with Gasteiger partial charge < -0.3 is 15.9 Å². The van der Waals surface area contributed by atoms with Crippen molar-refractivity contribution in [3.05, 3.63) is 48.5 Å². The highest BCUT2D eigenvalue weighted by Crippen LogP contribution is 2.15. The quantitative estimate of drug-likeness (QED) is 0.630. The van der Waals surface area contributed by atoms with Gasteiger partial charge in [-0.2, -0.15) is 0 Å². The average Bonchev–Trinajstić information content (AvgIpc) is 2.26. The molecule has 0 heterocycles. The van der Waals surface area contributed by atoms with Crippen molar-refractivity contribution in [3.63, 3.8) is 0 Å². The smallest absolute Gasteiger partial charge is 0.229 e. The molecular formula is C13H16N2O4S. The molecule has 0 unspecified atom stereocenters. The number of aromatic hydroxyl groups is 2. The third-order valence-electron chi connectivity index (χ3n) is 2.02. The first kappa shape index (κ1) is 15.6. The Bertz CT molecular complexity index is 654. The Morgan fingerprint density at radius 2 is 1.55 bits per heavy atom. The molecule has 0 spiro atoms. The number of rotatable bonds is 2. The van der Waals surface area contributed by atoms with Crippen molar-refractivity contribution in [1.82, 2.24) is 0 Å². The van der Waals surface area contributed by atoms with Crippen molar-refractivity contribution < 1.29 is 18.6 Å². The van der Waals surface area contributed by atoms with Crippen LogP contribution < -0.4 is 10.5 Å². The van der Waals surface area contributed by atoms with E-state index in [0.717, 1.165) is 6.26 Å². The molecule has 0 saturated carbocycles. The van der Waals surface area contributed by atoms with Gasteiger partial charge in [-0.05, 0) is 24.3 Å². The second-order valence-electron chi connectivity index (χ2n) is 4.02. The molecule has 2 rings (SSSR count). The van der Waals surface area contributed by atoms with Crippen LogP contribution >= 0.6 is 0 Å². The maximum atomic E-state index is 10.7. The number of hydrogen-bond donors (Lipinski definition) is 4. The summed E-state index contributed by atoms with van der Waals surface area (Å²) in [5, 5.41) is 17.7. The molecule has 7 heteroatoms. The molecule has 0 atom stereocenters. The fraction of sp³-hybridized carbons (Fsp3) is 0.0769. The topological polar surface area (TPSA) is 113 Å². The van der Waals surface area contributed by atoms with Crippen LogP contribution in [0.2, 0.25) is 0 Å². The fourth-order valence-electron chi connectivity index (χ4n) is 1.31. The highest BCUT2D eigenvalue weighted by atomic mass is 32.2. The lowest BCUT2D eigenvalue weighted by molar-refractivity contribution is 0.475. The summed E-state index contributed by atoms with van der Waals surface area (Å²) in [5.74, 6) is 0.244. The van der Waals surface area contributed by atoms with E-state index in [-0.39, 0.29) is 11.5 Å². The Hall–Kier alpha value is -2.41. The van der Waals surface area contributed by atoms with Crippen LogP contribution in [0.5, 0.6) is 11.5 Å². The van der Waals surface area contributed by atoms with Crippen molar-refractivity contribution in [2.45, 2.75) is 0 Å². The molecule has 20 heavy (non-hydrogen) atoms. The third-order valence-corrected chi connectivity index (χ3v) is 2.63. The normalized spacial score (nSPS) is 10.2. The standard InChI is InChI=1S/C7H9NO3S.C6H7NO/c1-12(10,11)8-6-3-2-4-7(9)5-6;7-5-2-1-3-6(8)4-5/h2-5,8-9H,1H3;1-4,8H,7H2. The molecule has 0 fully saturated rings. The molecule has 2 aromatic rings. The Labute approximate surface area is 117 Å². The van der Waals surface area contributed by atoms with E-state index in [4.69, 9.17) is 15.9 Å². The van der Waals surface area contributed by atoms with Crippen molar-refractivity contribution in [2.24, 2.45) is 0 Å². The number of hydrogen-bond acceptors (Lipinski definition) is 5. The second kappa shape index (κ2) is 6.67. The average molecular weight is 296 g/mol. The zero-order valence-electron chi connectivity index (χ0n) is 10.8. The summed E-state index contributed by atoms with van der Waals surface area (Å²) < 4.78 is 23.7. The molecule has 0 saturated heterocycles. The van der Waals surface area contributed by atoms with Gasteiger partial charge in [0.2, 0.25) is 10.0 Å². The number of nitrogens with one attached hydrogen (secondary N) is 1. The van der Waals surface area contributed by atoms with E-state index in [1.165, 1.54) is 18.2 Å². The summed E-state index contributed by atoms with van der Waals surface area (Å²) in [7, 11) is -3.26. The van der Waals surface area contributed by atoms with Crippen LogP contribution in [0.1, 0.15) is 0 Å². The first-order chi connectivity index (χ1) is 9.26. The van der Waals surface area contributed by atoms with Gasteiger partial charge in [0.25, 0.3) is 0 Å². The molecular weight excluding hydrogens is 280 g/mol. The van der Waals surface area contributed by atoms with E-state index in [2.05, 4.69) is 4.72 Å². The lowest BCUT2D eigenvalue weighted by Crippen LogP contribution is -2.09. The summed E-state index contributed by atoms with van der Waals surface area (Å²) in [6, 6.07) is 12.4. The third kappa shape index (κ3) is 6.50. The highest BCUT2D eigenvalue weighted by molar-refractivity contribution is 7.92. The van der Waals surface area contributed by atoms with Crippen LogP contribution in [0.3, 0.4) is 0 Å². The van der Waals surface area contributed by atoms with E-state index in [0.29, 0.717) is 11.4 Å². The largest absolute Gasteiger partial charge is 0.508 e. The Kier molecular flexibility index (Phi) is 5.22. The molecule has 2 aromatic carbocycles. The number of anilines is 2. The molecule has 0 aliphatic rings. The van der Waals surface area contributed by atoms with Crippen LogP contribution in [0.25, 0.3) is 0 Å². The van der Waals surface area contributed by atoms with E-state index >= 15 is 0 Å². The van der Waals surface area contributed by atoms with Crippen molar-refractivity contribution >= 4 is 21.4 Å². The minimum Gasteiger partial charge on any atom is -0.508 e. The number of nitrogen functional groups attached to an aromatic ring is 1. The molecule has 0 amide bonds. The van der Waals surface area contributed by atoms with Gasteiger partial charge in [-0.1, -0.05) is 12.1 Å². The number of benzene rings is 2. The Morgan fingerprint density at radius 1 is 1.00 bits per heavy atom. The van der Waals surface area contributed by atoms with Crippen LogP contribution in [0.15, 0.2) is 48.5 Å². The number of phenolic OH excluding ortho intramolecular Hbond substituents is 2. The molecule has 0 radical (unpaired) electrons. The number of sulfonamides is 1. The predicted molar refractivity (Wildman–Crippen MR) is 79.1 cm³/mol. The molecule has 0 bridgehead atoms. The van der Waals surface area contributed by atoms with Gasteiger partial charge in [-0.25, -0.2) is 8.42 Å². The van der Waals surface area contributed by atoms with Crippen LogP contribution in [-0.4, -0.2) is 24.9 Å². The molecule has 0 aliphatic heterocycles. The Balaban J connectivity index is 0.000000217. The Morgan fingerprint density at radius 3 is 1.95 bits per heavy atom. The zero-order valence-corrected chi connectivity index (χ0v) is 11.6. The van der Waals surface area contributed by atoms with E-state index in [1.54, 1.807) is 30.3 Å². The maximum absolute atomic E-state index is 10.7. The van der Waals surface area contributed by atoms with Gasteiger partial charge in [0.05, 0.1) is 11.9 Å². The molecule has 5 N–H and O–H groups in total. The number of nitrogens with two attached hydrogens (primary N) is 1. The van der Waals surface area contributed by atoms with E-state index in [1.807, 2.05) is 0 Å². The van der Waals surface area contributed by atoms with Gasteiger partial charge in [-0.15, -0.1) is 0 Å². The first-order valence-corrected chi connectivity index (χ1v) is 7.47. The maximum Gasteiger partial charge on any atom is 0.229 e. The van der Waals surface area contributed by atoms with Gasteiger partial charge >= 0.3 is 0 Å². The summed E-state index contributed by atoms with van der Waals surface area (Å²) in [6.45, 7) is 0. The predicted octanol–water partition coefficient (Wildman–Crippen LogP) is 1.74. The molecule has 108 valence electrons. The lowest BCUT2D eigenvalue weighted by Gasteiger charge is -2.02. The van der Waals surface area contributed by atoms with Gasteiger partial charge in [0.1, 0.15) is 11.5 Å². The first-order valence-electron chi connectivity index (χ1n) is 5.57. The lowest BCUT2D eigenvalue weighted by atomic mass is 10.3. The molecule has 0 aromatic heterocycles. The van der Waals surface area contributed by atoms with Gasteiger partial charge in [0.15, 0.2) is 0 Å². The molecule has 0 aliphatic carbocycles. The van der Waals surface area contributed by atoms with E-state index in [9.17, 15) is 8.42 Å². The van der Waals surface area contributed by atoms with Crippen LogP contribution in [0, 0.1) is 0 Å². The SMILES string of the molecule is CS(=O)(=O)Nc1cccc(O)c1.Nc1cccc(O)c1. The van der Waals surface area contributed by atoms with Crippen molar-refractivity contribution in [1.29, 1.82) is 0 Å². The second-order valence-corrected chi connectivity index (χ2v) is 5.77. The van der Waals surface area contributed by atoms with Crippen LogP contribution in [-0.2, 0) is 10.0 Å². The fourth-order valence-corrected chi connectivity index (χ4v) is 1.86. The van der Waals surface area contributed by atoms with Crippen molar-refractivity contribution in [3.8, 4) is 11.5 Å². The van der Waals surface area contributed by atoms with Gasteiger partial charge in [0, 0.05) is 17.8 Å².